The van der Waals surface area contributed by atoms with Crippen LogP contribution in [-0.4, -0.2) is 17.4 Å². The summed E-state index contributed by atoms with van der Waals surface area (Å²) in [6, 6.07) is 6.47. The Labute approximate surface area is 129 Å². The van der Waals surface area contributed by atoms with Crippen LogP contribution in [0.15, 0.2) is 18.2 Å². The van der Waals surface area contributed by atoms with E-state index in [0.717, 1.165) is 36.7 Å². The maximum absolute atomic E-state index is 6.09. The van der Waals surface area contributed by atoms with Gasteiger partial charge < -0.3 is 10.3 Å². The minimum atomic E-state index is 0. The van der Waals surface area contributed by atoms with Gasteiger partial charge in [0.05, 0.1) is 0 Å². The third-order valence-electron chi connectivity index (χ3n) is 3.64. The van der Waals surface area contributed by atoms with Gasteiger partial charge in [-0.3, -0.25) is 0 Å². The molecule has 1 unspecified atom stereocenters. The highest BCUT2D eigenvalue weighted by Crippen LogP contribution is 2.33. The molecule has 0 amide bonds. The third kappa shape index (κ3) is 2.87. The maximum atomic E-state index is 6.09. The number of fused-ring (bicyclic) bond motifs is 3. The Kier molecular flexibility index (Phi) is 5.02. The van der Waals surface area contributed by atoms with Crippen LogP contribution in [0.2, 0.25) is 5.02 Å². The average molecular weight is 320 g/mol. The summed E-state index contributed by atoms with van der Waals surface area (Å²) in [6.07, 6.45) is 3.18. The summed E-state index contributed by atoms with van der Waals surface area (Å²) in [7, 11) is 0. The Morgan fingerprint density at radius 3 is 2.95 bits per heavy atom. The molecule has 2 N–H and O–H groups in total. The van der Waals surface area contributed by atoms with E-state index in [2.05, 4.69) is 22.4 Å². The van der Waals surface area contributed by atoms with Gasteiger partial charge in [-0.25, -0.2) is 0 Å². The van der Waals surface area contributed by atoms with Gasteiger partial charge in [-0.2, -0.15) is 0 Å². The lowest BCUT2D eigenvalue weighted by atomic mass is 9.97. The zero-order chi connectivity index (χ0) is 12.5. The van der Waals surface area contributed by atoms with Crippen LogP contribution >= 0.6 is 35.6 Å². The first kappa shape index (κ1) is 15.0. The molecule has 0 bridgehead atoms. The number of H-pyrrole nitrogens is 1. The lowest BCUT2D eigenvalue weighted by molar-refractivity contribution is 0.465. The van der Waals surface area contributed by atoms with Crippen molar-refractivity contribution in [3.8, 4) is 0 Å². The molecule has 104 valence electrons. The molecule has 0 saturated carbocycles. The Morgan fingerprint density at radius 1 is 1.32 bits per heavy atom. The first-order valence-electron chi connectivity index (χ1n) is 6.39. The number of aromatic amines is 1. The van der Waals surface area contributed by atoms with Crippen LogP contribution in [0.25, 0.3) is 10.9 Å². The van der Waals surface area contributed by atoms with Crippen LogP contribution in [0.5, 0.6) is 0 Å². The molecule has 0 radical (unpaired) electrons. The van der Waals surface area contributed by atoms with E-state index >= 15 is 0 Å². The minimum absolute atomic E-state index is 0. The Hall–Kier alpha value is -0.410. The summed E-state index contributed by atoms with van der Waals surface area (Å²) < 4.78 is 0. The Balaban J connectivity index is 0.00000133. The highest BCUT2D eigenvalue weighted by molar-refractivity contribution is 6.31. The van der Waals surface area contributed by atoms with E-state index in [0.29, 0.717) is 6.04 Å². The van der Waals surface area contributed by atoms with Crippen LogP contribution in [0.3, 0.4) is 0 Å². The summed E-state index contributed by atoms with van der Waals surface area (Å²) in [6.45, 7) is 1.03. The molecule has 1 aliphatic heterocycles. The maximum Gasteiger partial charge on any atom is 0.0476 e. The summed E-state index contributed by atoms with van der Waals surface area (Å²) in [4.78, 5) is 3.54. The molecule has 1 aromatic carbocycles. The minimum Gasteiger partial charge on any atom is -0.357 e. The second kappa shape index (κ2) is 6.36. The van der Waals surface area contributed by atoms with Gasteiger partial charge >= 0.3 is 0 Å². The molecular formula is C14H17Cl3N2. The van der Waals surface area contributed by atoms with Crippen molar-refractivity contribution in [1.82, 2.24) is 10.3 Å². The molecule has 1 aliphatic rings. The molecule has 0 aliphatic carbocycles. The molecule has 1 atom stereocenters. The SMILES string of the molecule is Cl.ClCCCC1NCCc2c1[nH]c1ccc(Cl)cc21. The second-order valence-electron chi connectivity index (χ2n) is 4.80. The van der Waals surface area contributed by atoms with E-state index in [1.54, 1.807) is 0 Å². The summed E-state index contributed by atoms with van der Waals surface area (Å²) >= 11 is 11.9. The first-order chi connectivity index (χ1) is 8.79. The van der Waals surface area contributed by atoms with Crippen molar-refractivity contribution in [3.05, 3.63) is 34.5 Å². The number of hydrogen-bond acceptors (Lipinski definition) is 1. The van der Waals surface area contributed by atoms with E-state index in [4.69, 9.17) is 23.2 Å². The number of rotatable bonds is 3. The van der Waals surface area contributed by atoms with E-state index in [9.17, 15) is 0 Å². The molecule has 2 heterocycles. The van der Waals surface area contributed by atoms with Gasteiger partial charge in [-0.05, 0) is 49.6 Å². The topological polar surface area (TPSA) is 27.8 Å². The molecule has 1 aromatic heterocycles. The molecule has 0 fully saturated rings. The quantitative estimate of drug-likeness (QED) is 0.804. The number of halogens is 3. The molecule has 5 heteroatoms. The van der Waals surface area contributed by atoms with Gasteiger partial charge in [-0.15, -0.1) is 24.0 Å². The van der Waals surface area contributed by atoms with E-state index in [1.807, 2.05) is 6.07 Å². The van der Waals surface area contributed by atoms with Crippen LogP contribution in [0.4, 0.5) is 0 Å². The van der Waals surface area contributed by atoms with Crippen molar-refractivity contribution in [2.45, 2.75) is 25.3 Å². The zero-order valence-electron chi connectivity index (χ0n) is 10.5. The third-order valence-corrected chi connectivity index (χ3v) is 4.14. The number of benzene rings is 1. The van der Waals surface area contributed by atoms with Gasteiger partial charge in [0.25, 0.3) is 0 Å². The predicted molar refractivity (Wildman–Crippen MR) is 85.0 cm³/mol. The van der Waals surface area contributed by atoms with Crippen LogP contribution < -0.4 is 5.32 Å². The fourth-order valence-electron chi connectivity index (χ4n) is 2.81. The molecular weight excluding hydrogens is 303 g/mol. The molecule has 19 heavy (non-hydrogen) atoms. The molecule has 2 nitrogen and oxygen atoms in total. The smallest absolute Gasteiger partial charge is 0.0476 e. The normalized spacial score (nSPS) is 18.1. The van der Waals surface area contributed by atoms with Gasteiger partial charge in [0.2, 0.25) is 0 Å². The summed E-state index contributed by atoms with van der Waals surface area (Å²) in [5.74, 6) is 0.722. The molecule has 3 rings (SSSR count). The van der Waals surface area contributed by atoms with Crippen molar-refractivity contribution in [2.24, 2.45) is 0 Å². The van der Waals surface area contributed by atoms with Gasteiger partial charge in [0.1, 0.15) is 0 Å². The van der Waals surface area contributed by atoms with Crippen molar-refractivity contribution in [1.29, 1.82) is 0 Å². The Bertz CT molecular complexity index is 565. The summed E-state index contributed by atoms with van der Waals surface area (Å²) in [5.41, 5.74) is 3.93. The standard InChI is InChI=1S/C14H16Cl2N2.ClH/c15-6-1-2-13-14-10(5-7-17-13)11-8-9(16)3-4-12(11)18-14;/h3-4,8,13,17-18H,1-2,5-7H2;1H. The fraction of sp³-hybridized carbons (Fsp3) is 0.429. The van der Waals surface area contributed by atoms with Crippen molar-refractivity contribution >= 4 is 46.5 Å². The van der Waals surface area contributed by atoms with E-state index in [1.165, 1.54) is 22.2 Å². The van der Waals surface area contributed by atoms with Gasteiger partial charge in [0, 0.05) is 33.5 Å². The lowest BCUT2D eigenvalue weighted by Gasteiger charge is -2.24. The van der Waals surface area contributed by atoms with E-state index < -0.39 is 0 Å². The van der Waals surface area contributed by atoms with E-state index in [-0.39, 0.29) is 12.4 Å². The van der Waals surface area contributed by atoms with Crippen molar-refractivity contribution in [3.63, 3.8) is 0 Å². The summed E-state index contributed by atoms with van der Waals surface area (Å²) in [5, 5.41) is 5.64. The largest absolute Gasteiger partial charge is 0.357 e. The van der Waals surface area contributed by atoms with Crippen molar-refractivity contribution < 1.29 is 0 Å². The lowest BCUT2D eigenvalue weighted by Crippen LogP contribution is -2.29. The number of aromatic nitrogens is 1. The molecule has 0 saturated heterocycles. The first-order valence-corrected chi connectivity index (χ1v) is 7.30. The van der Waals surface area contributed by atoms with Crippen LogP contribution in [0, 0.1) is 0 Å². The average Bonchev–Trinajstić information content (AvgIpc) is 2.75. The molecule has 2 aromatic rings. The van der Waals surface area contributed by atoms with Crippen LogP contribution in [-0.2, 0) is 6.42 Å². The second-order valence-corrected chi connectivity index (χ2v) is 5.61. The highest BCUT2D eigenvalue weighted by atomic mass is 35.5. The molecule has 0 spiro atoms. The number of alkyl halides is 1. The van der Waals surface area contributed by atoms with Gasteiger partial charge in [-0.1, -0.05) is 11.6 Å². The van der Waals surface area contributed by atoms with Crippen molar-refractivity contribution in [2.75, 3.05) is 12.4 Å². The monoisotopic (exact) mass is 318 g/mol. The highest BCUT2D eigenvalue weighted by Gasteiger charge is 2.23. The Morgan fingerprint density at radius 2 is 2.16 bits per heavy atom. The number of hydrogen-bond donors (Lipinski definition) is 2. The zero-order valence-corrected chi connectivity index (χ0v) is 12.8. The van der Waals surface area contributed by atoms with Crippen LogP contribution in [0.1, 0.15) is 30.1 Å². The van der Waals surface area contributed by atoms with Gasteiger partial charge in [0.15, 0.2) is 0 Å². The number of nitrogens with one attached hydrogen (secondary N) is 2. The predicted octanol–water partition coefficient (Wildman–Crippen LogP) is 4.45. The fourth-order valence-corrected chi connectivity index (χ4v) is 3.14.